The number of rotatable bonds is 1. The molecule has 1 saturated heterocycles. The molecule has 0 N–H and O–H groups in total. The maximum Gasteiger partial charge on any atom is 0.231 e. The van der Waals surface area contributed by atoms with E-state index >= 15 is 0 Å². The first-order chi connectivity index (χ1) is 7.77. The van der Waals surface area contributed by atoms with Crippen LogP contribution in [0.25, 0.3) is 0 Å². The zero-order valence-electron chi connectivity index (χ0n) is 8.93. The maximum absolute atomic E-state index is 11.6. The van der Waals surface area contributed by atoms with Gasteiger partial charge < -0.3 is 4.42 Å². The number of carbonyl (C=O) groups is 1. The molecule has 0 bridgehead atoms. The fourth-order valence-corrected chi connectivity index (χ4v) is 4.09. The molecule has 1 aliphatic carbocycles. The molecule has 1 saturated carbocycles. The zero-order valence-corrected chi connectivity index (χ0v) is 11.1. The highest BCUT2D eigenvalue weighted by atomic mass is 127. The molecule has 0 aromatic carbocycles. The summed E-state index contributed by atoms with van der Waals surface area (Å²) in [5.41, 5.74) is 0. The van der Waals surface area contributed by atoms with E-state index in [1.807, 2.05) is 9.18 Å². The Morgan fingerprint density at radius 2 is 2.25 bits per heavy atom. The Hall–Kier alpha value is -0.520. The Kier molecular flexibility index (Phi) is 2.69. The average molecular weight is 331 g/mol. The smallest absolute Gasteiger partial charge is 0.231 e. The lowest BCUT2D eigenvalue weighted by Gasteiger charge is -2.34. The van der Waals surface area contributed by atoms with Crippen LogP contribution in [0.4, 0.5) is 0 Å². The van der Waals surface area contributed by atoms with Gasteiger partial charge in [0.1, 0.15) is 5.76 Å². The van der Waals surface area contributed by atoms with Gasteiger partial charge in [-0.2, -0.15) is 0 Å². The summed E-state index contributed by atoms with van der Waals surface area (Å²) < 4.78 is 7.45. The molecule has 2 heterocycles. The number of amides is 1. The van der Waals surface area contributed by atoms with Gasteiger partial charge in [0.25, 0.3) is 0 Å². The third kappa shape index (κ3) is 1.58. The minimum Gasteiger partial charge on any atom is -0.469 e. The Labute approximate surface area is 109 Å². The Morgan fingerprint density at radius 1 is 1.38 bits per heavy atom. The monoisotopic (exact) mass is 331 g/mol. The van der Waals surface area contributed by atoms with E-state index in [0.29, 0.717) is 30.2 Å². The largest absolute Gasteiger partial charge is 0.469 e. The van der Waals surface area contributed by atoms with Gasteiger partial charge in [-0.25, -0.2) is 0 Å². The standard InChI is InChI=1S/C12H14INO2/c13-14-10-5-3-9(11-2-1-7-16-11)8(10)4-6-12(14)15/h1-2,7-10H,3-6H2. The molecule has 3 unspecified atom stereocenters. The summed E-state index contributed by atoms with van der Waals surface area (Å²) in [7, 11) is 0. The molecule has 3 rings (SSSR count). The van der Waals surface area contributed by atoms with Crippen molar-refractivity contribution in [1.82, 2.24) is 3.11 Å². The van der Waals surface area contributed by atoms with E-state index in [1.165, 1.54) is 0 Å². The van der Waals surface area contributed by atoms with Gasteiger partial charge >= 0.3 is 0 Å². The van der Waals surface area contributed by atoms with Gasteiger partial charge in [0, 0.05) is 18.4 Å². The van der Waals surface area contributed by atoms with Crippen molar-refractivity contribution in [1.29, 1.82) is 0 Å². The summed E-state index contributed by atoms with van der Waals surface area (Å²) in [4.78, 5) is 11.6. The van der Waals surface area contributed by atoms with Crippen LogP contribution in [-0.4, -0.2) is 15.1 Å². The number of carbonyl (C=O) groups excluding carboxylic acids is 1. The van der Waals surface area contributed by atoms with Crippen LogP contribution in [0.15, 0.2) is 22.8 Å². The van der Waals surface area contributed by atoms with Crippen LogP contribution in [0.2, 0.25) is 0 Å². The van der Waals surface area contributed by atoms with Crippen molar-refractivity contribution >= 4 is 28.8 Å². The SMILES string of the molecule is O=C1CCC2C(c3ccco3)CCC2N1I. The highest BCUT2D eigenvalue weighted by molar-refractivity contribution is 14.1. The van der Waals surface area contributed by atoms with E-state index in [2.05, 4.69) is 28.9 Å². The third-order valence-corrected chi connectivity index (χ3v) is 5.17. The molecular weight excluding hydrogens is 317 g/mol. The predicted molar refractivity (Wildman–Crippen MR) is 68.1 cm³/mol. The van der Waals surface area contributed by atoms with Crippen LogP contribution in [0.1, 0.15) is 37.4 Å². The van der Waals surface area contributed by atoms with E-state index in [9.17, 15) is 4.79 Å². The van der Waals surface area contributed by atoms with Gasteiger partial charge in [0.15, 0.2) is 0 Å². The second-order valence-electron chi connectivity index (χ2n) is 4.67. The highest BCUT2D eigenvalue weighted by Crippen LogP contribution is 2.47. The minimum absolute atomic E-state index is 0.293. The second-order valence-corrected chi connectivity index (χ2v) is 5.71. The van der Waals surface area contributed by atoms with Crippen LogP contribution in [-0.2, 0) is 4.79 Å². The zero-order chi connectivity index (χ0) is 11.1. The molecule has 1 aliphatic heterocycles. The summed E-state index contributed by atoms with van der Waals surface area (Å²) in [5, 5.41) is 0. The average Bonchev–Trinajstić information content (AvgIpc) is 2.91. The van der Waals surface area contributed by atoms with Crippen molar-refractivity contribution in [2.75, 3.05) is 0 Å². The number of fused-ring (bicyclic) bond motifs is 1. The maximum atomic E-state index is 11.6. The van der Waals surface area contributed by atoms with Crippen molar-refractivity contribution in [3.63, 3.8) is 0 Å². The molecule has 16 heavy (non-hydrogen) atoms. The summed E-state index contributed by atoms with van der Waals surface area (Å²) >= 11 is 2.18. The van der Waals surface area contributed by atoms with Crippen molar-refractivity contribution < 1.29 is 9.21 Å². The number of furan rings is 1. The first-order valence-electron chi connectivity index (χ1n) is 5.78. The number of hydrogen-bond donors (Lipinski definition) is 0. The number of nitrogens with zero attached hydrogens (tertiary/aromatic N) is 1. The van der Waals surface area contributed by atoms with Crippen molar-refractivity contribution in [2.45, 2.75) is 37.6 Å². The molecule has 0 spiro atoms. The summed E-state index contributed by atoms with van der Waals surface area (Å²) in [6.45, 7) is 0. The Bertz CT molecular complexity index is 390. The summed E-state index contributed by atoms with van der Waals surface area (Å²) in [5.74, 6) is 2.51. The fourth-order valence-electron chi connectivity index (χ4n) is 3.16. The van der Waals surface area contributed by atoms with Crippen LogP contribution in [0, 0.1) is 5.92 Å². The fraction of sp³-hybridized carbons (Fsp3) is 0.583. The van der Waals surface area contributed by atoms with Crippen molar-refractivity contribution in [3.05, 3.63) is 24.2 Å². The van der Waals surface area contributed by atoms with Gasteiger partial charge in [0.2, 0.25) is 5.91 Å². The first-order valence-corrected chi connectivity index (χ1v) is 6.75. The third-order valence-electron chi connectivity index (χ3n) is 3.91. The molecule has 86 valence electrons. The van der Waals surface area contributed by atoms with Gasteiger partial charge in [-0.05, 0) is 37.3 Å². The second kappa shape index (κ2) is 4.05. The van der Waals surface area contributed by atoms with E-state index in [4.69, 9.17) is 4.42 Å². The summed E-state index contributed by atoms with van der Waals surface area (Å²) in [6.07, 6.45) is 5.73. The lowest BCUT2D eigenvalue weighted by Crippen LogP contribution is -2.40. The van der Waals surface area contributed by atoms with Crippen LogP contribution in [0.3, 0.4) is 0 Å². The van der Waals surface area contributed by atoms with Crippen LogP contribution >= 0.6 is 22.9 Å². The lowest BCUT2D eigenvalue weighted by atomic mass is 9.85. The number of piperidine rings is 1. The van der Waals surface area contributed by atoms with Crippen LogP contribution in [0.5, 0.6) is 0 Å². The molecule has 3 atom stereocenters. The van der Waals surface area contributed by atoms with Crippen molar-refractivity contribution in [2.24, 2.45) is 5.92 Å². The molecule has 4 heteroatoms. The van der Waals surface area contributed by atoms with E-state index in [-0.39, 0.29) is 0 Å². The highest BCUT2D eigenvalue weighted by Gasteiger charge is 2.44. The molecular formula is C12H14INO2. The quantitative estimate of drug-likeness (QED) is 0.585. The molecule has 1 aromatic heterocycles. The molecule has 2 fully saturated rings. The molecule has 1 amide bonds. The Morgan fingerprint density at radius 3 is 3.00 bits per heavy atom. The lowest BCUT2D eigenvalue weighted by molar-refractivity contribution is -0.129. The van der Waals surface area contributed by atoms with Gasteiger partial charge in [0.05, 0.1) is 29.1 Å². The van der Waals surface area contributed by atoms with Gasteiger partial charge in [-0.3, -0.25) is 7.91 Å². The van der Waals surface area contributed by atoms with E-state index in [0.717, 1.165) is 25.0 Å². The molecule has 2 aliphatic rings. The molecule has 3 nitrogen and oxygen atoms in total. The summed E-state index contributed by atoms with van der Waals surface area (Å²) in [6, 6.07) is 4.45. The minimum atomic E-state index is 0.293. The van der Waals surface area contributed by atoms with Crippen LogP contribution < -0.4 is 0 Å². The molecule has 1 aromatic rings. The number of halogens is 1. The predicted octanol–water partition coefficient (Wildman–Crippen LogP) is 3.11. The van der Waals surface area contributed by atoms with Gasteiger partial charge in [-0.15, -0.1) is 0 Å². The molecule has 0 radical (unpaired) electrons. The normalized spacial score (nSPS) is 34.2. The van der Waals surface area contributed by atoms with E-state index in [1.54, 1.807) is 6.26 Å². The van der Waals surface area contributed by atoms with Crippen molar-refractivity contribution in [3.8, 4) is 0 Å². The topological polar surface area (TPSA) is 33.5 Å². The van der Waals surface area contributed by atoms with Gasteiger partial charge in [-0.1, -0.05) is 0 Å². The number of hydrogen-bond acceptors (Lipinski definition) is 2. The first kappa shape index (κ1) is 10.6. The van der Waals surface area contributed by atoms with E-state index < -0.39 is 0 Å². The Balaban J connectivity index is 1.84.